The summed E-state index contributed by atoms with van der Waals surface area (Å²) in [5.41, 5.74) is 2.70. The summed E-state index contributed by atoms with van der Waals surface area (Å²) in [7, 11) is 4.29. The number of allylic oxidation sites excluding steroid dienone is 2. The van der Waals surface area contributed by atoms with E-state index in [0.29, 0.717) is 30.0 Å². The van der Waals surface area contributed by atoms with Gasteiger partial charge in [-0.15, -0.1) is 0 Å². The molecule has 1 N–H and O–H groups in total. The van der Waals surface area contributed by atoms with E-state index in [9.17, 15) is 19.5 Å². The molecule has 0 amide bonds. The van der Waals surface area contributed by atoms with Crippen LogP contribution in [0.4, 0.5) is 0 Å². The smallest absolute Gasteiger partial charge is 0.309 e. The van der Waals surface area contributed by atoms with Crippen LogP contribution < -0.4 is 0 Å². The molecule has 1 aromatic rings. The van der Waals surface area contributed by atoms with Crippen LogP contribution in [0.25, 0.3) is 0 Å². The molecule has 5 aliphatic carbocycles. The Morgan fingerprint density at radius 2 is 1.62 bits per heavy atom. The fourth-order valence-corrected chi connectivity index (χ4v) is 13.9. The standard InChI is InChI=1S/C48H75N3O5/c1-31(2)40-35(52)29-48(24-26-51(28-27-50(11)12)32(3)34-15-13-14-25-49-34)23-22-46(9)33(41(40)48)16-17-37-45(8)20-19-38(56-39(53)30-43(4,5)42(54)55)44(6,7)36(45)18-21-47(37,46)10/h13-15,25,31-33,36-38H,16-24,26-30H2,1-12H3,(H,54,55)/t32-,33+,36-,37+,38?,45?,46+,47+,48+/m0/s1. The SMILES string of the molecule is CC(C)C1=C2[C@H]3CC[C@@H]4C5(C)CCC(OC(=O)CC(C)(C)C(=O)O)C(C)(C)[C@@H]5CC[C@@]4(C)[C@]3(C)CC[C@@]2(CCN(CCN(C)C)[C@@H](C)c2ccccn2)CC1=O. The van der Waals surface area contributed by atoms with Crippen molar-refractivity contribution in [3.05, 3.63) is 41.2 Å². The largest absolute Gasteiger partial charge is 0.481 e. The van der Waals surface area contributed by atoms with Gasteiger partial charge in [-0.1, -0.05) is 60.1 Å². The molecule has 0 bridgehead atoms. The number of ether oxygens (including phenoxy) is 1. The molecule has 0 spiro atoms. The first-order valence-corrected chi connectivity index (χ1v) is 22.0. The maximum absolute atomic E-state index is 14.3. The highest BCUT2D eigenvalue weighted by molar-refractivity contribution is 6.00. The number of carboxylic acid groups (broad SMARTS) is 1. The lowest BCUT2D eigenvalue weighted by atomic mass is 9.33. The molecule has 0 saturated heterocycles. The minimum Gasteiger partial charge on any atom is -0.481 e. The predicted octanol–water partition coefficient (Wildman–Crippen LogP) is 9.79. The minimum absolute atomic E-state index is 0.0789. The second-order valence-electron chi connectivity index (χ2n) is 21.7. The molecule has 56 heavy (non-hydrogen) atoms. The Balaban J connectivity index is 1.27. The van der Waals surface area contributed by atoms with Crippen molar-refractivity contribution < 1.29 is 24.2 Å². The molecule has 0 radical (unpaired) electrons. The average Bonchev–Trinajstić information content (AvgIpc) is 3.41. The summed E-state index contributed by atoms with van der Waals surface area (Å²) < 4.78 is 6.21. The number of esters is 1. The first kappa shape index (κ1) is 43.0. The van der Waals surface area contributed by atoms with Gasteiger partial charge in [0.05, 0.1) is 17.5 Å². The number of pyridine rings is 1. The third-order valence-corrected chi connectivity index (χ3v) is 17.3. The van der Waals surface area contributed by atoms with Crippen LogP contribution in [0.5, 0.6) is 0 Å². The van der Waals surface area contributed by atoms with Crippen LogP contribution in [0.1, 0.15) is 152 Å². The Hall–Kier alpha value is -2.58. The van der Waals surface area contributed by atoms with Crippen molar-refractivity contribution in [2.45, 2.75) is 152 Å². The van der Waals surface area contributed by atoms with Crippen LogP contribution in [0.3, 0.4) is 0 Å². The van der Waals surface area contributed by atoms with Crippen molar-refractivity contribution in [2.24, 2.45) is 56.2 Å². The van der Waals surface area contributed by atoms with Gasteiger partial charge in [0, 0.05) is 42.6 Å². The molecule has 312 valence electrons. The van der Waals surface area contributed by atoms with E-state index in [-0.39, 0.29) is 51.6 Å². The number of hydrogen-bond acceptors (Lipinski definition) is 7. The molecular weight excluding hydrogens is 699 g/mol. The first-order chi connectivity index (χ1) is 26.0. The first-order valence-electron chi connectivity index (χ1n) is 22.0. The fourth-order valence-electron chi connectivity index (χ4n) is 13.9. The number of carboxylic acids is 1. The van der Waals surface area contributed by atoms with Crippen LogP contribution in [-0.2, 0) is 19.1 Å². The molecule has 2 unspecified atom stereocenters. The molecule has 8 nitrogen and oxygen atoms in total. The lowest BCUT2D eigenvalue weighted by Gasteiger charge is -2.72. The average molecular weight is 774 g/mol. The molecular formula is C48H75N3O5. The second-order valence-corrected chi connectivity index (χ2v) is 21.7. The van der Waals surface area contributed by atoms with Crippen molar-refractivity contribution in [2.75, 3.05) is 33.7 Å². The van der Waals surface area contributed by atoms with Gasteiger partial charge in [-0.2, -0.15) is 0 Å². The number of hydrogen-bond donors (Lipinski definition) is 1. The van der Waals surface area contributed by atoms with Crippen LogP contribution in [-0.4, -0.2) is 77.4 Å². The van der Waals surface area contributed by atoms with Crippen molar-refractivity contribution in [3.8, 4) is 0 Å². The highest BCUT2D eigenvalue weighted by Gasteiger charge is 2.70. The van der Waals surface area contributed by atoms with Gasteiger partial charge in [0.1, 0.15) is 6.10 Å². The maximum atomic E-state index is 14.3. The summed E-state index contributed by atoms with van der Waals surface area (Å²) in [6, 6.07) is 6.43. The zero-order valence-electron chi connectivity index (χ0n) is 37.1. The van der Waals surface area contributed by atoms with E-state index >= 15 is 0 Å². The third-order valence-electron chi connectivity index (χ3n) is 17.3. The van der Waals surface area contributed by atoms with Gasteiger partial charge >= 0.3 is 11.9 Å². The molecule has 4 fully saturated rings. The number of carbonyl (C=O) groups is 3. The molecule has 0 aliphatic heterocycles. The third kappa shape index (κ3) is 7.13. The van der Waals surface area contributed by atoms with Crippen LogP contribution in [0.2, 0.25) is 0 Å². The van der Waals surface area contributed by atoms with Gasteiger partial charge in [0.25, 0.3) is 0 Å². The van der Waals surface area contributed by atoms with Crippen molar-refractivity contribution in [1.29, 1.82) is 0 Å². The van der Waals surface area contributed by atoms with Gasteiger partial charge in [0.2, 0.25) is 0 Å². The molecule has 9 atom stereocenters. The lowest BCUT2D eigenvalue weighted by Crippen LogP contribution is -2.65. The lowest BCUT2D eigenvalue weighted by molar-refractivity contribution is -0.233. The molecule has 6 rings (SSSR count). The summed E-state index contributed by atoms with van der Waals surface area (Å²) in [6.45, 7) is 25.3. The molecule has 0 aromatic carbocycles. The van der Waals surface area contributed by atoms with E-state index in [4.69, 9.17) is 9.72 Å². The number of ketones is 1. The summed E-state index contributed by atoms with van der Waals surface area (Å²) >= 11 is 0. The molecule has 8 heteroatoms. The van der Waals surface area contributed by atoms with Crippen LogP contribution >= 0.6 is 0 Å². The highest BCUT2D eigenvalue weighted by atomic mass is 16.5. The van der Waals surface area contributed by atoms with Crippen molar-refractivity contribution in [3.63, 3.8) is 0 Å². The Morgan fingerprint density at radius 1 is 0.911 bits per heavy atom. The summed E-state index contributed by atoms with van der Waals surface area (Å²) in [5, 5.41) is 9.65. The predicted molar refractivity (Wildman–Crippen MR) is 223 cm³/mol. The normalized spacial score (nSPS) is 35.9. The van der Waals surface area contributed by atoms with E-state index in [0.717, 1.165) is 82.3 Å². The topological polar surface area (TPSA) is 100 Å². The van der Waals surface area contributed by atoms with Crippen LogP contribution in [0.15, 0.2) is 35.5 Å². The van der Waals surface area contributed by atoms with Crippen molar-refractivity contribution in [1.82, 2.24) is 14.8 Å². The van der Waals surface area contributed by atoms with Gasteiger partial charge in [-0.3, -0.25) is 24.3 Å². The highest BCUT2D eigenvalue weighted by Crippen LogP contribution is 2.77. The molecule has 1 heterocycles. The van der Waals surface area contributed by atoms with Gasteiger partial charge in [0.15, 0.2) is 5.78 Å². The van der Waals surface area contributed by atoms with E-state index in [1.165, 1.54) is 6.42 Å². The molecule has 1 aromatic heterocycles. The van der Waals surface area contributed by atoms with Gasteiger partial charge in [-0.25, -0.2) is 0 Å². The number of rotatable bonds is 13. The van der Waals surface area contributed by atoms with Gasteiger partial charge in [-0.05, 0) is 157 Å². The zero-order chi connectivity index (χ0) is 41.2. The Kier molecular flexibility index (Phi) is 11.7. The quantitative estimate of drug-likeness (QED) is 0.198. The van der Waals surface area contributed by atoms with E-state index < -0.39 is 17.4 Å². The zero-order valence-corrected chi connectivity index (χ0v) is 37.1. The Morgan fingerprint density at radius 3 is 2.25 bits per heavy atom. The second kappa shape index (κ2) is 15.2. The number of carbonyl (C=O) groups excluding carboxylic acids is 2. The fraction of sp³-hybridized carbons (Fsp3) is 0.792. The van der Waals surface area contributed by atoms with E-state index in [1.807, 2.05) is 12.3 Å². The number of fused-ring (bicyclic) bond motifs is 7. The number of nitrogens with zero attached hydrogens (tertiary/aromatic N) is 3. The Bertz CT molecular complexity index is 1680. The minimum atomic E-state index is -1.15. The Labute approximate surface area is 339 Å². The molecule has 4 saturated carbocycles. The number of likely N-dealkylation sites (N-methyl/N-ethyl adjacent to an activating group) is 1. The number of aliphatic carboxylic acids is 1. The molecule has 5 aliphatic rings. The maximum Gasteiger partial charge on any atom is 0.309 e. The number of aromatic nitrogens is 1. The van der Waals surface area contributed by atoms with E-state index in [2.05, 4.69) is 91.4 Å². The summed E-state index contributed by atoms with van der Waals surface area (Å²) in [4.78, 5) is 48.9. The summed E-state index contributed by atoms with van der Waals surface area (Å²) in [5.74, 6) is 0.612. The van der Waals surface area contributed by atoms with E-state index in [1.54, 1.807) is 19.4 Å². The number of Topliss-reactive ketones (excluding diaryl/α,β-unsaturated/α-hetero) is 1. The monoisotopic (exact) mass is 774 g/mol. The summed E-state index contributed by atoms with van der Waals surface area (Å²) in [6.07, 6.45) is 11.9. The van der Waals surface area contributed by atoms with Crippen molar-refractivity contribution >= 4 is 17.7 Å². The van der Waals surface area contributed by atoms with Gasteiger partial charge < -0.3 is 14.7 Å². The van der Waals surface area contributed by atoms with Crippen LogP contribution in [0, 0.1) is 56.2 Å².